The maximum absolute atomic E-state index is 13.1. The third-order valence-electron chi connectivity index (χ3n) is 1.91. The molecule has 0 aromatic heterocycles. The van der Waals surface area contributed by atoms with Crippen molar-refractivity contribution in [2.75, 3.05) is 6.61 Å². The first-order chi connectivity index (χ1) is 7.98. The Bertz CT molecular complexity index is 540. The second kappa shape index (κ2) is 4.40. The minimum atomic E-state index is -4.14. The summed E-state index contributed by atoms with van der Waals surface area (Å²) in [5.74, 6) is -2.07. The van der Waals surface area contributed by atoms with E-state index in [1.807, 2.05) is 0 Å². The third kappa shape index (κ3) is 2.78. The normalized spacial score (nSPS) is 22.3. The van der Waals surface area contributed by atoms with Crippen LogP contribution in [0.3, 0.4) is 0 Å². The fourth-order valence-corrected chi connectivity index (χ4v) is 1.92. The fourth-order valence-electron chi connectivity index (χ4n) is 1.15. The van der Waals surface area contributed by atoms with Gasteiger partial charge in [-0.05, 0) is 12.1 Å². The van der Waals surface area contributed by atoms with Crippen LogP contribution in [0.2, 0.25) is 0 Å². The summed E-state index contributed by atoms with van der Waals surface area (Å²) in [7, 11) is -4.14. The molecular weight excluding hydrogens is 255 g/mol. The zero-order chi connectivity index (χ0) is 12.5. The molecule has 0 radical (unpaired) electrons. The van der Waals surface area contributed by atoms with Crippen molar-refractivity contribution in [1.29, 1.82) is 0 Å². The van der Waals surface area contributed by atoms with Crippen LogP contribution >= 0.6 is 0 Å². The van der Waals surface area contributed by atoms with Crippen molar-refractivity contribution in [2.24, 2.45) is 0 Å². The van der Waals surface area contributed by atoms with Crippen molar-refractivity contribution in [3.63, 3.8) is 0 Å². The van der Waals surface area contributed by atoms with Gasteiger partial charge in [0.05, 0.1) is 0 Å². The molecule has 8 heteroatoms. The first-order valence-electron chi connectivity index (χ1n) is 4.52. The Morgan fingerprint density at radius 3 is 2.71 bits per heavy atom. The molecular formula is C9H7FO6S. The largest absolute Gasteiger partial charge is 0.421 e. The summed E-state index contributed by atoms with van der Waals surface area (Å²) in [6.07, 6.45) is -1.40. The molecule has 1 atom stereocenters. The van der Waals surface area contributed by atoms with Crippen LogP contribution in [-0.2, 0) is 23.6 Å². The number of hydrogen-bond acceptors (Lipinski definition) is 6. The minimum Gasteiger partial charge on any atom is -0.421 e. The van der Waals surface area contributed by atoms with E-state index in [-0.39, 0.29) is 5.75 Å². The van der Waals surface area contributed by atoms with Crippen molar-refractivity contribution in [2.45, 2.75) is 6.10 Å². The van der Waals surface area contributed by atoms with E-state index < -0.39 is 34.9 Å². The number of carbonyl (C=O) groups excluding carboxylic acids is 1. The zero-order valence-corrected chi connectivity index (χ0v) is 9.15. The number of benzene rings is 1. The molecule has 0 aliphatic carbocycles. The molecule has 0 bridgehead atoms. The molecule has 17 heavy (non-hydrogen) atoms. The second-order valence-corrected chi connectivity index (χ2v) is 4.37. The van der Waals surface area contributed by atoms with Gasteiger partial charge in [-0.15, -0.1) is 0 Å². The van der Waals surface area contributed by atoms with Gasteiger partial charge in [0.2, 0.25) is 6.10 Å². The van der Waals surface area contributed by atoms with Crippen LogP contribution in [0.5, 0.6) is 5.75 Å². The maximum Gasteiger partial charge on any atom is 0.400 e. The van der Waals surface area contributed by atoms with Crippen molar-refractivity contribution >= 4 is 16.4 Å². The number of rotatable bonds is 2. The van der Waals surface area contributed by atoms with Gasteiger partial charge in [-0.1, -0.05) is 12.1 Å². The number of esters is 1. The summed E-state index contributed by atoms with van der Waals surface area (Å²) in [6, 6.07) is 5.23. The molecule has 0 N–H and O–H groups in total. The molecule has 1 aliphatic heterocycles. The second-order valence-electron chi connectivity index (χ2n) is 3.13. The van der Waals surface area contributed by atoms with Crippen molar-refractivity contribution < 1.29 is 30.7 Å². The van der Waals surface area contributed by atoms with Gasteiger partial charge in [0.15, 0.2) is 11.6 Å². The highest BCUT2D eigenvalue weighted by Crippen LogP contribution is 2.19. The summed E-state index contributed by atoms with van der Waals surface area (Å²) in [6.45, 7) is -0.477. The fraction of sp³-hybridized carbons (Fsp3) is 0.222. The smallest absolute Gasteiger partial charge is 0.400 e. The van der Waals surface area contributed by atoms with E-state index in [1.54, 1.807) is 0 Å². The predicted octanol–water partition coefficient (Wildman–Crippen LogP) is 0.391. The predicted molar refractivity (Wildman–Crippen MR) is 51.8 cm³/mol. The summed E-state index contributed by atoms with van der Waals surface area (Å²) in [4.78, 5) is 11.4. The molecule has 1 saturated heterocycles. The third-order valence-corrected chi connectivity index (χ3v) is 2.80. The van der Waals surface area contributed by atoms with Crippen molar-refractivity contribution in [3.05, 3.63) is 30.1 Å². The zero-order valence-electron chi connectivity index (χ0n) is 8.33. The van der Waals surface area contributed by atoms with E-state index in [0.717, 1.165) is 6.07 Å². The molecule has 1 aromatic rings. The Morgan fingerprint density at radius 2 is 2.12 bits per heavy atom. The minimum absolute atomic E-state index is 0.301. The molecule has 1 aromatic carbocycles. The van der Waals surface area contributed by atoms with Crippen LogP contribution in [0.1, 0.15) is 0 Å². The quantitative estimate of drug-likeness (QED) is 0.566. The lowest BCUT2D eigenvalue weighted by molar-refractivity contribution is -0.141. The Kier molecular flexibility index (Phi) is 3.09. The number of carbonyl (C=O) groups is 1. The molecule has 1 aliphatic rings. The van der Waals surface area contributed by atoms with E-state index in [1.165, 1.54) is 18.2 Å². The van der Waals surface area contributed by atoms with Crippen LogP contribution < -0.4 is 4.74 Å². The SMILES string of the molecule is O=C(Oc1ccccc1F)C1COS(=O)(=O)O1. The highest BCUT2D eigenvalue weighted by atomic mass is 32.3. The Morgan fingerprint density at radius 1 is 1.41 bits per heavy atom. The van der Waals surface area contributed by atoms with Gasteiger partial charge < -0.3 is 4.74 Å². The lowest BCUT2D eigenvalue weighted by Crippen LogP contribution is -2.28. The van der Waals surface area contributed by atoms with Gasteiger partial charge in [0.1, 0.15) is 6.61 Å². The summed E-state index contributed by atoms with van der Waals surface area (Å²) >= 11 is 0. The molecule has 1 unspecified atom stereocenters. The van der Waals surface area contributed by atoms with E-state index >= 15 is 0 Å². The number of halogens is 1. The summed E-state index contributed by atoms with van der Waals surface area (Å²) < 4.78 is 47.7. The molecule has 2 rings (SSSR count). The molecule has 6 nitrogen and oxygen atoms in total. The van der Waals surface area contributed by atoms with Crippen LogP contribution in [0.4, 0.5) is 4.39 Å². The van der Waals surface area contributed by atoms with Gasteiger partial charge in [0.25, 0.3) is 0 Å². The number of hydrogen-bond donors (Lipinski definition) is 0. The maximum atomic E-state index is 13.1. The Balaban J connectivity index is 2.06. The molecule has 1 fully saturated rings. The average molecular weight is 262 g/mol. The molecule has 92 valence electrons. The van der Waals surface area contributed by atoms with Crippen LogP contribution in [0.15, 0.2) is 24.3 Å². The van der Waals surface area contributed by atoms with Gasteiger partial charge in [-0.2, -0.15) is 8.42 Å². The van der Waals surface area contributed by atoms with Crippen molar-refractivity contribution in [1.82, 2.24) is 0 Å². The Hall–Kier alpha value is -1.51. The van der Waals surface area contributed by atoms with Crippen LogP contribution in [0, 0.1) is 5.82 Å². The molecule has 0 spiro atoms. The summed E-state index contributed by atoms with van der Waals surface area (Å²) in [5, 5.41) is 0. The van der Waals surface area contributed by atoms with Gasteiger partial charge in [-0.3, -0.25) is 0 Å². The first-order valence-corrected chi connectivity index (χ1v) is 5.85. The average Bonchev–Trinajstić information content (AvgIpc) is 2.62. The monoisotopic (exact) mass is 262 g/mol. The van der Waals surface area contributed by atoms with E-state index in [2.05, 4.69) is 13.1 Å². The van der Waals surface area contributed by atoms with Gasteiger partial charge in [0, 0.05) is 0 Å². The van der Waals surface area contributed by atoms with E-state index in [0.29, 0.717) is 0 Å². The topological polar surface area (TPSA) is 78.9 Å². The molecule has 1 heterocycles. The number of ether oxygens (including phenoxy) is 1. The highest BCUT2D eigenvalue weighted by molar-refractivity contribution is 7.82. The van der Waals surface area contributed by atoms with Gasteiger partial charge in [-0.25, -0.2) is 17.6 Å². The van der Waals surface area contributed by atoms with E-state index in [4.69, 9.17) is 0 Å². The summed E-state index contributed by atoms with van der Waals surface area (Å²) in [5.41, 5.74) is 0. The Labute approximate surface area is 96.2 Å². The standard InChI is InChI=1S/C9H7FO6S/c10-6-3-1-2-4-7(6)15-9(11)8-5-14-17(12,13)16-8/h1-4,8H,5H2. The van der Waals surface area contributed by atoms with Gasteiger partial charge >= 0.3 is 16.4 Å². The van der Waals surface area contributed by atoms with Crippen molar-refractivity contribution in [3.8, 4) is 5.75 Å². The number of para-hydroxylation sites is 1. The van der Waals surface area contributed by atoms with Crippen LogP contribution in [-0.4, -0.2) is 27.1 Å². The first kappa shape index (κ1) is 12.0. The lowest BCUT2D eigenvalue weighted by Gasteiger charge is -2.07. The van der Waals surface area contributed by atoms with Crippen LogP contribution in [0.25, 0.3) is 0 Å². The molecule has 0 saturated carbocycles. The highest BCUT2D eigenvalue weighted by Gasteiger charge is 2.37. The lowest BCUT2D eigenvalue weighted by atomic mass is 10.3. The molecule has 0 amide bonds. The van der Waals surface area contributed by atoms with E-state index in [9.17, 15) is 17.6 Å².